The van der Waals surface area contributed by atoms with Crippen LogP contribution in [-0.4, -0.2) is 0 Å². The first-order chi connectivity index (χ1) is 6.27. The van der Waals surface area contributed by atoms with Crippen LogP contribution in [0.5, 0.6) is 0 Å². The molecule has 2 rings (SSSR count). The van der Waals surface area contributed by atoms with Crippen molar-refractivity contribution in [2.75, 3.05) is 0 Å². The van der Waals surface area contributed by atoms with Gasteiger partial charge in [-0.15, -0.1) is 0 Å². The van der Waals surface area contributed by atoms with Crippen molar-refractivity contribution >= 4 is 12.2 Å². The maximum Gasteiger partial charge on any atom is -0.00477 e. The lowest BCUT2D eigenvalue weighted by molar-refractivity contribution is 0.878. The van der Waals surface area contributed by atoms with Gasteiger partial charge < -0.3 is 0 Å². The van der Waals surface area contributed by atoms with Crippen molar-refractivity contribution in [1.29, 1.82) is 0 Å². The molecule has 1 atom stereocenters. The van der Waals surface area contributed by atoms with Gasteiger partial charge in [0.2, 0.25) is 0 Å². The average molecular weight is 170 g/mol. The first kappa shape index (κ1) is 8.31. The van der Waals surface area contributed by atoms with Crippen LogP contribution in [0.3, 0.4) is 0 Å². The van der Waals surface area contributed by atoms with E-state index < -0.39 is 0 Å². The summed E-state index contributed by atoms with van der Waals surface area (Å²) in [7, 11) is 0. The van der Waals surface area contributed by atoms with Crippen LogP contribution in [-0.2, 0) is 0 Å². The van der Waals surface area contributed by atoms with Crippen molar-refractivity contribution < 1.29 is 0 Å². The molecule has 0 aromatic heterocycles. The highest BCUT2D eigenvalue weighted by Crippen LogP contribution is 2.23. The molecule has 0 heteroatoms. The fraction of sp³-hybridized carbons (Fsp3) is 0.231. The third-order valence-electron chi connectivity index (χ3n) is 2.66. The Labute approximate surface area is 79.6 Å². The molecule has 0 saturated heterocycles. The largest absolute Gasteiger partial charge is 0.0770 e. The lowest BCUT2D eigenvalue weighted by Gasteiger charge is -2.03. The average Bonchev–Trinajstić information content (AvgIpc) is 2.28. The van der Waals surface area contributed by atoms with Crippen LogP contribution in [0.15, 0.2) is 35.9 Å². The molecule has 13 heavy (non-hydrogen) atoms. The summed E-state index contributed by atoms with van der Waals surface area (Å²) in [4.78, 5) is 0. The Balaban J connectivity index is 2.56. The zero-order valence-corrected chi connectivity index (χ0v) is 8.12. The first-order valence-electron chi connectivity index (χ1n) is 4.73. The number of hydrogen-bond donors (Lipinski definition) is 0. The van der Waals surface area contributed by atoms with Gasteiger partial charge in [-0.25, -0.2) is 0 Å². The van der Waals surface area contributed by atoms with E-state index in [-0.39, 0.29) is 0 Å². The first-order valence-corrected chi connectivity index (χ1v) is 4.73. The van der Waals surface area contributed by atoms with Crippen molar-refractivity contribution in [1.82, 2.24) is 0 Å². The Morgan fingerprint density at radius 2 is 1.77 bits per heavy atom. The summed E-state index contributed by atoms with van der Waals surface area (Å²) in [5, 5.41) is 0. The Hall–Kier alpha value is -1.30. The van der Waals surface area contributed by atoms with Gasteiger partial charge in [0.1, 0.15) is 0 Å². The predicted octanol–water partition coefficient (Wildman–Crippen LogP) is 3.75. The lowest BCUT2D eigenvalue weighted by atomic mass is 10.0. The molecule has 66 valence electrons. The van der Waals surface area contributed by atoms with Crippen LogP contribution in [0.1, 0.15) is 25.0 Å². The molecule has 0 amide bonds. The highest BCUT2D eigenvalue weighted by Gasteiger charge is 2.05. The molecular weight excluding hydrogens is 156 g/mol. The van der Waals surface area contributed by atoms with Crippen LogP contribution in [0.4, 0.5) is 0 Å². The number of allylic oxidation sites excluding steroid dienone is 2. The van der Waals surface area contributed by atoms with E-state index in [0.29, 0.717) is 5.92 Å². The summed E-state index contributed by atoms with van der Waals surface area (Å²) < 4.78 is 0. The van der Waals surface area contributed by atoms with Gasteiger partial charge in [-0.05, 0) is 24.0 Å². The topological polar surface area (TPSA) is 0 Å². The quantitative estimate of drug-likeness (QED) is 0.556. The normalized spacial score (nSPS) is 20.5. The van der Waals surface area contributed by atoms with Crippen molar-refractivity contribution in [3.63, 3.8) is 0 Å². The van der Waals surface area contributed by atoms with E-state index in [4.69, 9.17) is 0 Å². The van der Waals surface area contributed by atoms with Crippen molar-refractivity contribution in [2.24, 2.45) is 5.92 Å². The second-order valence-corrected chi connectivity index (χ2v) is 3.67. The van der Waals surface area contributed by atoms with E-state index in [2.05, 4.69) is 56.3 Å². The van der Waals surface area contributed by atoms with Crippen LogP contribution < -0.4 is 0 Å². The second kappa shape index (κ2) is 3.21. The van der Waals surface area contributed by atoms with Gasteiger partial charge in [-0.1, -0.05) is 55.0 Å². The SMILES string of the molecule is CC1=Cc2ccccc2C=CC1C. The van der Waals surface area contributed by atoms with E-state index in [9.17, 15) is 0 Å². The molecule has 1 aromatic rings. The fourth-order valence-corrected chi connectivity index (χ4v) is 1.57. The molecule has 0 spiro atoms. The highest BCUT2D eigenvalue weighted by atomic mass is 14.1. The molecule has 1 aliphatic carbocycles. The van der Waals surface area contributed by atoms with E-state index >= 15 is 0 Å². The maximum absolute atomic E-state index is 2.28. The van der Waals surface area contributed by atoms with E-state index in [1.165, 1.54) is 16.7 Å². The van der Waals surface area contributed by atoms with Gasteiger partial charge in [-0.3, -0.25) is 0 Å². The van der Waals surface area contributed by atoms with Crippen molar-refractivity contribution in [3.05, 3.63) is 47.0 Å². The maximum atomic E-state index is 2.28. The van der Waals surface area contributed by atoms with Gasteiger partial charge >= 0.3 is 0 Å². The Kier molecular flexibility index (Phi) is 2.05. The third-order valence-corrected chi connectivity index (χ3v) is 2.66. The summed E-state index contributed by atoms with van der Waals surface area (Å²) in [6.07, 6.45) is 6.75. The van der Waals surface area contributed by atoms with E-state index in [0.717, 1.165) is 0 Å². The molecule has 0 saturated carbocycles. The van der Waals surface area contributed by atoms with Gasteiger partial charge in [0.15, 0.2) is 0 Å². The molecular formula is C13H14. The Bertz CT molecular complexity index is 369. The minimum atomic E-state index is 0.562. The second-order valence-electron chi connectivity index (χ2n) is 3.67. The van der Waals surface area contributed by atoms with Crippen LogP contribution >= 0.6 is 0 Å². The molecule has 0 radical (unpaired) electrons. The molecule has 1 aromatic carbocycles. The van der Waals surface area contributed by atoms with E-state index in [1.807, 2.05) is 0 Å². The monoisotopic (exact) mass is 170 g/mol. The fourth-order valence-electron chi connectivity index (χ4n) is 1.57. The van der Waals surface area contributed by atoms with Gasteiger partial charge in [0, 0.05) is 0 Å². The summed E-state index contributed by atoms with van der Waals surface area (Å²) >= 11 is 0. The third kappa shape index (κ3) is 1.57. The molecule has 0 bridgehead atoms. The van der Waals surface area contributed by atoms with Gasteiger partial charge in [0.25, 0.3) is 0 Å². The minimum absolute atomic E-state index is 0.562. The van der Waals surface area contributed by atoms with Gasteiger partial charge in [-0.2, -0.15) is 0 Å². The van der Waals surface area contributed by atoms with Crippen LogP contribution in [0, 0.1) is 5.92 Å². The Morgan fingerprint density at radius 1 is 1.08 bits per heavy atom. The summed E-state index contributed by atoms with van der Waals surface area (Å²) in [5.41, 5.74) is 4.09. The molecule has 1 unspecified atom stereocenters. The van der Waals surface area contributed by atoms with Crippen molar-refractivity contribution in [3.8, 4) is 0 Å². The number of benzene rings is 1. The number of fused-ring (bicyclic) bond motifs is 1. The van der Waals surface area contributed by atoms with Gasteiger partial charge in [0.05, 0.1) is 0 Å². The zero-order valence-electron chi connectivity index (χ0n) is 8.12. The molecule has 0 N–H and O–H groups in total. The molecule has 0 aliphatic heterocycles. The standard InChI is InChI=1S/C13H14/c1-10-7-8-12-5-3-4-6-13(12)9-11(10)2/h3-10H,1-2H3. The summed E-state index contributed by atoms with van der Waals surface area (Å²) in [6.45, 7) is 4.42. The molecule has 0 heterocycles. The Morgan fingerprint density at radius 3 is 2.54 bits per heavy atom. The molecule has 0 nitrogen and oxygen atoms in total. The van der Waals surface area contributed by atoms with Crippen LogP contribution in [0.2, 0.25) is 0 Å². The minimum Gasteiger partial charge on any atom is -0.0770 e. The van der Waals surface area contributed by atoms with Crippen LogP contribution in [0.25, 0.3) is 12.2 Å². The zero-order chi connectivity index (χ0) is 9.26. The number of rotatable bonds is 0. The lowest BCUT2D eigenvalue weighted by Crippen LogP contribution is -1.88. The van der Waals surface area contributed by atoms with Crippen molar-refractivity contribution in [2.45, 2.75) is 13.8 Å². The summed E-state index contributed by atoms with van der Waals surface area (Å²) in [5.74, 6) is 0.562. The number of hydrogen-bond acceptors (Lipinski definition) is 0. The predicted molar refractivity (Wildman–Crippen MR) is 58.3 cm³/mol. The summed E-state index contributed by atoms with van der Waals surface area (Å²) in [6, 6.07) is 8.50. The smallest absolute Gasteiger partial charge is 0.00477 e. The van der Waals surface area contributed by atoms with E-state index in [1.54, 1.807) is 0 Å². The highest BCUT2D eigenvalue weighted by molar-refractivity contribution is 5.69. The molecule has 0 fully saturated rings. The molecule has 1 aliphatic rings.